The molecule has 2 aromatic rings. The van der Waals surface area contributed by atoms with Gasteiger partial charge in [0.25, 0.3) is 11.4 Å². The zero-order chi connectivity index (χ0) is 18.2. The topological polar surface area (TPSA) is 89.5 Å². The van der Waals surface area contributed by atoms with E-state index in [0.29, 0.717) is 38.8 Å². The van der Waals surface area contributed by atoms with Gasteiger partial charge in [0.15, 0.2) is 0 Å². The summed E-state index contributed by atoms with van der Waals surface area (Å²) in [7, 11) is 0. The lowest BCUT2D eigenvalue weighted by Gasteiger charge is -2.35. The van der Waals surface area contributed by atoms with Crippen molar-refractivity contribution in [2.24, 2.45) is 0 Å². The monoisotopic (exact) mass is 339 g/mol. The Bertz CT molecular complexity index is 862. The van der Waals surface area contributed by atoms with Crippen molar-refractivity contribution in [3.8, 4) is 0 Å². The van der Waals surface area contributed by atoms with Crippen LogP contribution in [0.25, 0.3) is 5.70 Å². The number of nitro groups is 1. The van der Waals surface area contributed by atoms with E-state index < -0.39 is 10.6 Å². The van der Waals surface area contributed by atoms with Crippen LogP contribution < -0.4 is 0 Å². The average molecular weight is 339 g/mol. The third-order valence-electron chi connectivity index (χ3n) is 4.52. The molecule has 25 heavy (non-hydrogen) atoms. The Labute approximate surface area is 144 Å². The van der Waals surface area contributed by atoms with Crippen LogP contribution >= 0.6 is 0 Å². The van der Waals surface area contributed by atoms with Crippen molar-refractivity contribution in [1.82, 2.24) is 5.06 Å². The molecular weight excluding hydrogens is 322 g/mol. The predicted molar refractivity (Wildman–Crippen MR) is 92.9 cm³/mol. The van der Waals surface area contributed by atoms with Gasteiger partial charge in [-0.15, -0.1) is 0 Å². The fourth-order valence-corrected chi connectivity index (χ4v) is 3.10. The number of hydrogen-bond acceptors (Lipinski definition) is 5. The Morgan fingerprint density at radius 2 is 1.72 bits per heavy atom. The van der Waals surface area contributed by atoms with Gasteiger partial charge < -0.3 is 10.3 Å². The Kier molecular flexibility index (Phi) is 4.10. The SMILES string of the molecule is CCC1=C(c2ccccc2)[N+](=O)[C@](C)(c2ccc([N+](=O)[O-])cc2)N1[O-]. The lowest BCUT2D eigenvalue weighted by molar-refractivity contribution is -0.565. The first-order valence-electron chi connectivity index (χ1n) is 7.89. The third kappa shape index (κ3) is 2.49. The molecule has 0 amide bonds. The largest absolute Gasteiger partial charge is 0.753 e. The summed E-state index contributed by atoms with van der Waals surface area (Å²) in [4.78, 5) is 23.4. The molecule has 1 aliphatic heterocycles. The molecule has 0 bridgehead atoms. The lowest BCUT2D eigenvalue weighted by atomic mass is 10.0. The van der Waals surface area contributed by atoms with Crippen LogP contribution in [0.4, 0.5) is 5.69 Å². The smallest absolute Gasteiger partial charge is 0.306 e. The maximum Gasteiger partial charge on any atom is 0.306 e. The first-order chi connectivity index (χ1) is 11.9. The molecule has 7 nitrogen and oxygen atoms in total. The highest BCUT2D eigenvalue weighted by molar-refractivity contribution is 5.64. The van der Waals surface area contributed by atoms with Crippen LogP contribution in [0.1, 0.15) is 31.4 Å². The van der Waals surface area contributed by atoms with E-state index >= 15 is 0 Å². The average Bonchev–Trinajstić information content (AvgIpc) is 2.84. The summed E-state index contributed by atoms with van der Waals surface area (Å²) in [5.74, 6) is 0. The van der Waals surface area contributed by atoms with Gasteiger partial charge in [0.05, 0.1) is 20.9 Å². The Morgan fingerprint density at radius 3 is 2.24 bits per heavy atom. The van der Waals surface area contributed by atoms with E-state index in [0.717, 1.165) is 0 Å². The number of non-ortho nitro benzene ring substituents is 1. The van der Waals surface area contributed by atoms with Crippen molar-refractivity contribution in [1.29, 1.82) is 0 Å². The maximum atomic E-state index is 13.1. The summed E-state index contributed by atoms with van der Waals surface area (Å²) in [6.45, 7) is 3.35. The summed E-state index contributed by atoms with van der Waals surface area (Å²) in [6.07, 6.45) is 0.398. The minimum Gasteiger partial charge on any atom is -0.753 e. The number of benzene rings is 2. The normalized spacial score (nSPS) is 20.3. The van der Waals surface area contributed by atoms with Gasteiger partial charge in [-0.2, -0.15) is 0 Å². The number of allylic oxidation sites excluding steroid dienone is 1. The molecule has 7 heteroatoms. The minimum absolute atomic E-state index is 0.0906. The second-order valence-electron chi connectivity index (χ2n) is 5.93. The first kappa shape index (κ1) is 16.8. The Balaban J connectivity index is 2.10. The van der Waals surface area contributed by atoms with Crippen LogP contribution in [0, 0.1) is 20.2 Å². The molecule has 0 spiro atoms. The standard InChI is InChI=1S/C18H17N3O4/c1-3-16-17(13-7-5-4-6-8-13)20(23)18(2,19(16)22)14-9-11-15(12-10-14)21(24)25/h4-12H,3H2,1-2H3/t18-/m1/s1. The van der Waals surface area contributed by atoms with Gasteiger partial charge in [-0.25, -0.2) is 0 Å². The summed E-state index contributed by atoms with van der Waals surface area (Å²) < 4.78 is 0.704. The van der Waals surface area contributed by atoms with Crippen molar-refractivity contribution >= 4 is 11.4 Å². The molecule has 0 radical (unpaired) electrons. The quantitative estimate of drug-likeness (QED) is 0.474. The van der Waals surface area contributed by atoms with Crippen LogP contribution in [0.3, 0.4) is 0 Å². The molecule has 0 saturated carbocycles. The molecule has 128 valence electrons. The van der Waals surface area contributed by atoms with Crippen molar-refractivity contribution in [2.45, 2.75) is 25.9 Å². The van der Waals surface area contributed by atoms with Gasteiger partial charge in [-0.1, -0.05) is 25.1 Å². The molecule has 2 aromatic carbocycles. The fourth-order valence-electron chi connectivity index (χ4n) is 3.10. The molecule has 0 N–H and O–H groups in total. The zero-order valence-electron chi connectivity index (χ0n) is 13.9. The van der Waals surface area contributed by atoms with Crippen LogP contribution in [-0.4, -0.2) is 14.7 Å². The number of nitrogens with zero attached hydrogens (tertiary/aromatic N) is 3. The third-order valence-corrected chi connectivity index (χ3v) is 4.52. The number of hydroxylamine groups is 2. The summed E-state index contributed by atoms with van der Waals surface area (Å²) in [5, 5.41) is 24.5. The number of rotatable bonds is 4. The molecule has 0 aromatic heterocycles. The molecular formula is C18H17N3O4. The molecule has 3 rings (SSSR count). The first-order valence-corrected chi connectivity index (χ1v) is 7.89. The van der Waals surface area contributed by atoms with E-state index in [9.17, 15) is 20.2 Å². The van der Waals surface area contributed by atoms with Crippen LogP contribution in [0.15, 0.2) is 60.3 Å². The number of hydrogen-bond donors (Lipinski definition) is 0. The highest BCUT2D eigenvalue weighted by Gasteiger charge is 2.55. The Hall–Kier alpha value is -3.06. The molecule has 0 saturated heterocycles. The molecule has 0 unspecified atom stereocenters. The molecule has 1 aliphatic rings. The van der Waals surface area contributed by atoms with Crippen molar-refractivity contribution in [3.63, 3.8) is 0 Å². The highest BCUT2D eigenvalue weighted by Crippen LogP contribution is 2.45. The van der Waals surface area contributed by atoms with Gasteiger partial charge in [0.2, 0.25) is 0 Å². The Morgan fingerprint density at radius 1 is 1.12 bits per heavy atom. The predicted octanol–water partition coefficient (Wildman–Crippen LogP) is 4.14. The molecule has 1 heterocycles. The lowest BCUT2D eigenvalue weighted by Crippen LogP contribution is -2.41. The van der Waals surface area contributed by atoms with Crippen molar-refractivity contribution < 1.29 is 9.68 Å². The highest BCUT2D eigenvalue weighted by atomic mass is 16.6. The number of nitroso groups, excluding NO2 is 1. The van der Waals surface area contributed by atoms with Gasteiger partial charge in [0, 0.05) is 29.5 Å². The number of nitro benzene ring substituents is 1. The van der Waals surface area contributed by atoms with E-state index in [2.05, 4.69) is 0 Å². The van der Waals surface area contributed by atoms with E-state index in [1.165, 1.54) is 31.2 Å². The van der Waals surface area contributed by atoms with Gasteiger partial charge in [0.1, 0.15) is 0 Å². The fraction of sp³-hybridized carbons (Fsp3) is 0.222. The second kappa shape index (κ2) is 6.10. The second-order valence-corrected chi connectivity index (χ2v) is 5.93. The summed E-state index contributed by atoms with van der Waals surface area (Å²) in [6, 6.07) is 14.5. The summed E-state index contributed by atoms with van der Waals surface area (Å²) in [5.41, 5.74) is 0.195. The molecule has 1 atom stereocenters. The van der Waals surface area contributed by atoms with E-state index in [-0.39, 0.29) is 5.69 Å². The molecule has 0 aliphatic carbocycles. The van der Waals surface area contributed by atoms with E-state index in [1.54, 1.807) is 24.3 Å². The van der Waals surface area contributed by atoms with E-state index in [1.807, 2.05) is 13.0 Å². The van der Waals surface area contributed by atoms with Gasteiger partial charge >= 0.3 is 5.66 Å². The van der Waals surface area contributed by atoms with Crippen LogP contribution in [0.2, 0.25) is 0 Å². The zero-order valence-corrected chi connectivity index (χ0v) is 13.9. The van der Waals surface area contributed by atoms with Crippen LogP contribution in [-0.2, 0) is 5.66 Å². The van der Waals surface area contributed by atoms with Crippen molar-refractivity contribution in [2.75, 3.05) is 0 Å². The van der Waals surface area contributed by atoms with Crippen LogP contribution in [0.5, 0.6) is 0 Å². The van der Waals surface area contributed by atoms with Crippen molar-refractivity contribution in [3.05, 3.63) is 91.6 Å². The maximum absolute atomic E-state index is 13.1. The summed E-state index contributed by atoms with van der Waals surface area (Å²) >= 11 is 0. The van der Waals surface area contributed by atoms with Gasteiger partial charge in [-0.3, -0.25) is 10.1 Å². The molecule has 0 fully saturated rings. The minimum atomic E-state index is -1.51. The van der Waals surface area contributed by atoms with E-state index in [4.69, 9.17) is 0 Å². The van der Waals surface area contributed by atoms with Gasteiger partial charge in [-0.05, 0) is 30.7 Å².